The molecule has 23 heavy (non-hydrogen) atoms. The number of hydrogen-bond donors (Lipinski definition) is 0. The van der Waals surface area contributed by atoms with Crippen molar-refractivity contribution in [3.8, 4) is 0 Å². The van der Waals surface area contributed by atoms with Crippen molar-refractivity contribution < 1.29 is 4.79 Å². The van der Waals surface area contributed by atoms with Gasteiger partial charge in [0, 0.05) is 30.9 Å². The van der Waals surface area contributed by atoms with E-state index in [0.717, 1.165) is 42.1 Å². The van der Waals surface area contributed by atoms with Gasteiger partial charge >= 0.3 is 0 Å². The highest BCUT2D eigenvalue weighted by Gasteiger charge is 2.27. The highest BCUT2D eigenvalue weighted by molar-refractivity contribution is 7.12. The molecule has 0 unspecified atom stereocenters. The molecule has 1 saturated heterocycles. The number of rotatable bonds is 2. The summed E-state index contributed by atoms with van der Waals surface area (Å²) in [6.45, 7) is 3.66. The number of piperidine rings is 1. The standard InChI is InChI=1S/C18H19N3OS/c1-13-11-21-15(6-2-8-17(21)19-13)14-5-3-9-20(12-14)18(22)16-7-4-10-23-16/h2,4,6-8,10-11,14H,3,5,9,12H2,1H3/t14-/m1/s1. The molecule has 1 aliphatic rings. The first kappa shape index (κ1) is 14.5. The molecule has 3 aromatic rings. The lowest BCUT2D eigenvalue weighted by molar-refractivity contribution is 0.0710. The zero-order chi connectivity index (χ0) is 15.8. The van der Waals surface area contributed by atoms with Crippen LogP contribution in [0.3, 0.4) is 0 Å². The lowest BCUT2D eigenvalue weighted by atomic mass is 9.94. The summed E-state index contributed by atoms with van der Waals surface area (Å²) in [5, 5.41) is 1.96. The van der Waals surface area contributed by atoms with Crippen LogP contribution in [0, 0.1) is 6.92 Å². The molecule has 3 aromatic heterocycles. The number of likely N-dealkylation sites (tertiary alicyclic amines) is 1. The number of nitrogens with zero attached hydrogens (tertiary/aromatic N) is 3. The Morgan fingerprint density at radius 2 is 2.22 bits per heavy atom. The lowest BCUT2D eigenvalue weighted by Crippen LogP contribution is -2.39. The molecule has 0 N–H and O–H groups in total. The van der Waals surface area contributed by atoms with E-state index in [9.17, 15) is 4.79 Å². The quantitative estimate of drug-likeness (QED) is 0.720. The number of aryl methyl sites for hydroxylation is 1. The van der Waals surface area contributed by atoms with E-state index in [1.54, 1.807) is 0 Å². The highest BCUT2D eigenvalue weighted by Crippen LogP contribution is 2.29. The summed E-state index contributed by atoms with van der Waals surface area (Å²) in [6, 6.07) is 10.1. The lowest BCUT2D eigenvalue weighted by Gasteiger charge is -2.33. The molecule has 0 radical (unpaired) electrons. The highest BCUT2D eigenvalue weighted by atomic mass is 32.1. The van der Waals surface area contributed by atoms with Gasteiger partial charge in [-0.1, -0.05) is 12.1 Å². The predicted molar refractivity (Wildman–Crippen MR) is 92.1 cm³/mol. The van der Waals surface area contributed by atoms with Crippen LogP contribution in [0.25, 0.3) is 5.65 Å². The Morgan fingerprint density at radius 1 is 1.30 bits per heavy atom. The van der Waals surface area contributed by atoms with Crippen LogP contribution < -0.4 is 0 Å². The summed E-state index contributed by atoms with van der Waals surface area (Å²) in [6.07, 6.45) is 4.25. The van der Waals surface area contributed by atoms with Gasteiger partial charge in [-0.25, -0.2) is 4.98 Å². The molecule has 0 bridgehead atoms. The van der Waals surface area contributed by atoms with Crippen molar-refractivity contribution in [2.24, 2.45) is 0 Å². The van der Waals surface area contributed by atoms with Crippen molar-refractivity contribution in [3.05, 3.63) is 58.2 Å². The molecule has 0 aromatic carbocycles. The summed E-state index contributed by atoms with van der Waals surface area (Å²) in [5.41, 5.74) is 3.27. The van der Waals surface area contributed by atoms with E-state index in [1.807, 2.05) is 35.4 Å². The molecule has 0 spiro atoms. The van der Waals surface area contributed by atoms with E-state index >= 15 is 0 Å². The van der Waals surface area contributed by atoms with E-state index in [0.29, 0.717) is 5.92 Å². The van der Waals surface area contributed by atoms with Gasteiger partial charge in [0.05, 0.1) is 10.6 Å². The van der Waals surface area contributed by atoms with Gasteiger partial charge in [0.15, 0.2) is 0 Å². The largest absolute Gasteiger partial charge is 0.337 e. The summed E-state index contributed by atoms with van der Waals surface area (Å²) < 4.78 is 2.18. The van der Waals surface area contributed by atoms with Gasteiger partial charge in [-0.2, -0.15) is 0 Å². The molecular formula is C18H19N3OS. The summed E-state index contributed by atoms with van der Waals surface area (Å²) >= 11 is 1.52. The van der Waals surface area contributed by atoms with Gasteiger partial charge in [-0.3, -0.25) is 4.79 Å². The number of hydrogen-bond acceptors (Lipinski definition) is 3. The normalized spacial score (nSPS) is 18.5. The summed E-state index contributed by atoms with van der Waals surface area (Å²) in [7, 11) is 0. The number of carbonyl (C=O) groups excluding carboxylic acids is 1. The number of carbonyl (C=O) groups is 1. The van der Waals surface area contributed by atoms with Crippen LogP contribution in [-0.4, -0.2) is 33.3 Å². The third-order valence-electron chi connectivity index (χ3n) is 4.50. The van der Waals surface area contributed by atoms with Crippen molar-refractivity contribution in [2.75, 3.05) is 13.1 Å². The number of aromatic nitrogens is 2. The van der Waals surface area contributed by atoms with Gasteiger partial charge in [-0.05, 0) is 43.3 Å². The van der Waals surface area contributed by atoms with E-state index in [2.05, 4.69) is 27.7 Å². The van der Waals surface area contributed by atoms with Crippen LogP contribution in [0.1, 0.15) is 39.8 Å². The fourth-order valence-corrected chi connectivity index (χ4v) is 4.14. The molecule has 4 heterocycles. The van der Waals surface area contributed by atoms with Gasteiger partial charge in [0.1, 0.15) is 5.65 Å². The maximum atomic E-state index is 12.6. The number of amides is 1. The second kappa shape index (κ2) is 5.81. The summed E-state index contributed by atoms with van der Waals surface area (Å²) in [5.74, 6) is 0.531. The minimum absolute atomic E-state index is 0.165. The predicted octanol–water partition coefficient (Wildman–Crippen LogP) is 3.72. The zero-order valence-electron chi connectivity index (χ0n) is 13.1. The Labute approximate surface area is 139 Å². The minimum atomic E-state index is 0.165. The number of fused-ring (bicyclic) bond motifs is 1. The molecule has 4 nitrogen and oxygen atoms in total. The first-order valence-electron chi connectivity index (χ1n) is 8.00. The van der Waals surface area contributed by atoms with Crippen LogP contribution in [0.5, 0.6) is 0 Å². The molecule has 1 fully saturated rings. The molecular weight excluding hydrogens is 306 g/mol. The van der Waals surface area contributed by atoms with Crippen LogP contribution in [0.15, 0.2) is 41.9 Å². The van der Waals surface area contributed by atoms with E-state index in [1.165, 1.54) is 17.0 Å². The Kier molecular flexibility index (Phi) is 3.65. The Morgan fingerprint density at radius 3 is 3.04 bits per heavy atom. The molecule has 118 valence electrons. The van der Waals surface area contributed by atoms with Crippen LogP contribution in [0.2, 0.25) is 0 Å². The maximum Gasteiger partial charge on any atom is 0.263 e. The second-order valence-corrected chi connectivity index (χ2v) is 7.08. The van der Waals surface area contributed by atoms with Gasteiger partial charge < -0.3 is 9.30 Å². The fourth-order valence-electron chi connectivity index (χ4n) is 3.45. The zero-order valence-corrected chi connectivity index (χ0v) is 13.9. The van der Waals surface area contributed by atoms with Crippen molar-refractivity contribution in [1.82, 2.24) is 14.3 Å². The molecule has 0 aliphatic carbocycles. The Bertz CT molecular complexity index is 837. The van der Waals surface area contributed by atoms with E-state index in [-0.39, 0.29) is 5.91 Å². The average Bonchev–Trinajstić information content (AvgIpc) is 3.22. The SMILES string of the molecule is Cc1cn2c([C@@H]3CCCN(C(=O)c4cccs4)C3)cccc2n1. The van der Waals surface area contributed by atoms with Gasteiger partial charge in [-0.15, -0.1) is 11.3 Å². The van der Waals surface area contributed by atoms with Crippen LogP contribution >= 0.6 is 11.3 Å². The third kappa shape index (κ3) is 2.65. The molecule has 4 rings (SSSR count). The second-order valence-electron chi connectivity index (χ2n) is 6.13. The minimum Gasteiger partial charge on any atom is -0.337 e. The van der Waals surface area contributed by atoms with E-state index < -0.39 is 0 Å². The molecule has 0 saturated carbocycles. The number of pyridine rings is 1. The maximum absolute atomic E-state index is 12.6. The monoisotopic (exact) mass is 325 g/mol. The first-order valence-corrected chi connectivity index (χ1v) is 8.88. The van der Waals surface area contributed by atoms with Crippen LogP contribution in [0.4, 0.5) is 0 Å². The molecule has 1 aliphatic heterocycles. The van der Waals surface area contributed by atoms with Crippen LogP contribution in [-0.2, 0) is 0 Å². The van der Waals surface area contributed by atoms with Crippen molar-refractivity contribution in [1.29, 1.82) is 0 Å². The smallest absolute Gasteiger partial charge is 0.263 e. The summed E-state index contributed by atoms with van der Waals surface area (Å²) in [4.78, 5) is 20.0. The topological polar surface area (TPSA) is 37.6 Å². The van der Waals surface area contributed by atoms with Crippen molar-refractivity contribution in [3.63, 3.8) is 0 Å². The fraction of sp³-hybridized carbons (Fsp3) is 0.333. The van der Waals surface area contributed by atoms with Crippen molar-refractivity contribution in [2.45, 2.75) is 25.7 Å². The van der Waals surface area contributed by atoms with E-state index in [4.69, 9.17) is 0 Å². The number of thiophene rings is 1. The molecule has 1 atom stereocenters. The van der Waals surface area contributed by atoms with Crippen molar-refractivity contribution >= 4 is 22.9 Å². The van der Waals surface area contributed by atoms with Gasteiger partial charge in [0.2, 0.25) is 0 Å². The average molecular weight is 325 g/mol. The Balaban J connectivity index is 1.63. The Hall–Kier alpha value is -2.14. The molecule has 5 heteroatoms. The molecule has 1 amide bonds. The third-order valence-corrected chi connectivity index (χ3v) is 5.36. The number of imidazole rings is 1. The van der Waals surface area contributed by atoms with Gasteiger partial charge in [0.25, 0.3) is 5.91 Å². The first-order chi connectivity index (χ1) is 11.2.